The maximum atomic E-state index is 4.66. The highest BCUT2D eigenvalue weighted by atomic mass is 35.5. The zero-order valence-electron chi connectivity index (χ0n) is 11.1. The molecule has 1 aromatic heterocycles. The fourth-order valence-electron chi connectivity index (χ4n) is 2.54. The van der Waals surface area contributed by atoms with E-state index in [1.54, 1.807) is 0 Å². The van der Waals surface area contributed by atoms with Gasteiger partial charge in [0.1, 0.15) is 0 Å². The number of para-hydroxylation sites is 1. The van der Waals surface area contributed by atoms with Gasteiger partial charge in [-0.05, 0) is 45.0 Å². The number of nitrogens with one attached hydrogen (secondary N) is 2. The Kier molecular flexibility index (Phi) is 4.61. The molecule has 0 saturated carbocycles. The van der Waals surface area contributed by atoms with Gasteiger partial charge in [0.05, 0.1) is 16.9 Å². The van der Waals surface area contributed by atoms with Crippen LogP contribution in [-0.2, 0) is 0 Å². The summed E-state index contributed by atoms with van der Waals surface area (Å²) in [5.74, 6) is 0. The molecule has 1 fully saturated rings. The normalized spacial score (nSPS) is 16.1. The van der Waals surface area contributed by atoms with Crippen molar-refractivity contribution in [3.63, 3.8) is 0 Å². The lowest BCUT2D eigenvalue weighted by Gasteiger charge is -2.25. The van der Waals surface area contributed by atoms with Crippen LogP contribution in [0.15, 0.2) is 30.3 Å². The van der Waals surface area contributed by atoms with Gasteiger partial charge in [-0.3, -0.25) is 4.98 Å². The van der Waals surface area contributed by atoms with Gasteiger partial charge in [-0.15, -0.1) is 12.4 Å². The van der Waals surface area contributed by atoms with Crippen molar-refractivity contribution in [3.8, 4) is 0 Å². The number of aromatic nitrogens is 1. The number of anilines is 1. The van der Waals surface area contributed by atoms with Gasteiger partial charge in [-0.2, -0.15) is 0 Å². The number of fused-ring (bicyclic) bond motifs is 1. The molecule has 3 rings (SSSR count). The fourth-order valence-corrected chi connectivity index (χ4v) is 2.54. The molecule has 19 heavy (non-hydrogen) atoms. The van der Waals surface area contributed by atoms with Crippen molar-refractivity contribution in [1.82, 2.24) is 10.3 Å². The molecule has 2 aromatic rings. The van der Waals surface area contributed by atoms with Gasteiger partial charge in [0, 0.05) is 11.4 Å². The molecule has 102 valence electrons. The second kappa shape index (κ2) is 6.22. The van der Waals surface area contributed by atoms with Gasteiger partial charge in [0.25, 0.3) is 0 Å². The zero-order valence-corrected chi connectivity index (χ0v) is 12.0. The fraction of sp³-hybridized carbons (Fsp3) is 0.400. The van der Waals surface area contributed by atoms with Crippen molar-refractivity contribution in [3.05, 3.63) is 36.0 Å². The lowest BCUT2D eigenvalue weighted by atomic mass is 10.1. The van der Waals surface area contributed by atoms with Crippen LogP contribution in [0.4, 0.5) is 5.69 Å². The van der Waals surface area contributed by atoms with Gasteiger partial charge in [0.15, 0.2) is 0 Å². The first-order valence-corrected chi connectivity index (χ1v) is 6.66. The van der Waals surface area contributed by atoms with Crippen LogP contribution in [0.5, 0.6) is 0 Å². The van der Waals surface area contributed by atoms with E-state index in [1.807, 2.05) is 6.07 Å². The SMILES string of the molecule is Cc1nc2ccccc2cc1NC1CCNCC1.Cl. The van der Waals surface area contributed by atoms with E-state index in [4.69, 9.17) is 0 Å². The number of hydrogen-bond acceptors (Lipinski definition) is 3. The number of halogens is 1. The summed E-state index contributed by atoms with van der Waals surface area (Å²) >= 11 is 0. The Morgan fingerprint density at radius 3 is 2.74 bits per heavy atom. The van der Waals surface area contributed by atoms with Crippen LogP contribution < -0.4 is 10.6 Å². The Balaban J connectivity index is 0.00000133. The van der Waals surface area contributed by atoms with Crippen molar-refractivity contribution in [2.24, 2.45) is 0 Å². The summed E-state index contributed by atoms with van der Waals surface area (Å²) in [4.78, 5) is 4.66. The van der Waals surface area contributed by atoms with Crippen LogP contribution in [0.3, 0.4) is 0 Å². The van der Waals surface area contributed by atoms with E-state index in [0.717, 1.165) is 24.3 Å². The molecule has 0 radical (unpaired) electrons. The molecule has 0 aliphatic carbocycles. The molecule has 1 aliphatic rings. The molecule has 2 heterocycles. The van der Waals surface area contributed by atoms with Crippen molar-refractivity contribution in [1.29, 1.82) is 0 Å². The van der Waals surface area contributed by atoms with E-state index >= 15 is 0 Å². The highest BCUT2D eigenvalue weighted by molar-refractivity contribution is 5.85. The molecule has 0 spiro atoms. The molecular weight excluding hydrogens is 258 g/mol. The molecule has 0 bridgehead atoms. The quantitative estimate of drug-likeness (QED) is 0.886. The molecule has 1 aromatic carbocycles. The molecular formula is C15H20ClN3. The van der Waals surface area contributed by atoms with E-state index in [1.165, 1.54) is 23.9 Å². The van der Waals surface area contributed by atoms with Crippen LogP contribution in [0, 0.1) is 6.92 Å². The summed E-state index contributed by atoms with van der Waals surface area (Å²) in [5.41, 5.74) is 3.35. The predicted octanol–water partition coefficient (Wildman–Crippen LogP) is 3.13. The number of pyridine rings is 1. The Bertz CT molecular complexity index is 550. The summed E-state index contributed by atoms with van der Waals surface area (Å²) < 4.78 is 0. The van der Waals surface area contributed by atoms with Gasteiger partial charge >= 0.3 is 0 Å². The number of piperidine rings is 1. The Morgan fingerprint density at radius 2 is 1.95 bits per heavy atom. The summed E-state index contributed by atoms with van der Waals surface area (Å²) in [6.45, 7) is 4.30. The van der Waals surface area contributed by atoms with E-state index in [-0.39, 0.29) is 12.4 Å². The van der Waals surface area contributed by atoms with Gasteiger partial charge in [0.2, 0.25) is 0 Å². The molecule has 2 N–H and O–H groups in total. The molecule has 3 nitrogen and oxygen atoms in total. The Hall–Kier alpha value is -1.32. The van der Waals surface area contributed by atoms with Crippen LogP contribution in [0.2, 0.25) is 0 Å². The van der Waals surface area contributed by atoms with Crippen molar-refractivity contribution in [2.75, 3.05) is 18.4 Å². The van der Waals surface area contributed by atoms with E-state index < -0.39 is 0 Å². The molecule has 4 heteroatoms. The minimum absolute atomic E-state index is 0. The second-order valence-corrected chi connectivity index (χ2v) is 4.98. The average Bonchev–Trinajstić information content (AvgIpc) is 2.41. The highest BCUT2D eigenvalue weighted by Gasteiger charge is 2.13. The standard InChI is InChI=1S/C15H19N3.ClH/c1-11-15(18-13-6-8-16-9-7-13)10-12-4-2-3-5-14(12)17-11;/h2-5,10,13,16,18H,6-9H2,1H3;1H. The largest absolute Gasteiger partial charge is 0.381 e. The lowest BCUT2D eigenvalue weighted by molar-refractivity contribution is 0.479. The Labute approximate surface area is 120 Å². The third-order valence-electron chi connectivity index (χ3n) is 3.61. The number of benzene rings is 1. The first-order chi connectivity index (χ1) is 8.83. The first kappa shape index (κ1) is 14.1. The van der Waals surface area contributed by atoms with E-state index in [0.29, 0.717) is 6.04 Å². The van der Waals surface area contributed by atoms with Crippen molar-refractivity contribution in [2.45, 2.75) is 25.8 Å². The molecule has 1 saturated heterocycles. The minimum atomic E-state index is 0. The number of aryl methyl sites for hydroxylation is 1. The lowest BCUT2D eigenvalue weighted by Crippen LogP contribution is -2.35. The van der Waals surface area contributed by atoms with Gasteiger partial charge in [-0.1, -0.05) is 18.2 Å². The zero-order chi connectivity index (χ0) is 12.4. The van der Waals surface area contributed by atoms with Crippen LogP contribution in [-0.4, -0.2) is 24.1 Å². The summed E-state index contributed by atoms with van der Waals surface area (Å²) in [6.07, 6.45) is 2.37. The molecule has 0 unspecified atom stereocenters. The third kappa shape index (κ3) is 3.17. The smallest absolute Gasteiger partial charge is 0.0706 e. The maximum Gasteiger partial charge on any atom is 0.0706 e. The maximum absolute atomic E-state index is 4.66. The van der Waals surface area contributed by atoms with Crippen LogP contribution in [0.25, 0.3) is 10.9 Å². The predicted molar refractivity (Wildman–Crippen MR) is 83.2 cm³/mol. The topological polar surface area (TPSA) is 37.0 Å². The second-order valence-electron chi connectivity index (χ2n) is 4.98. The third-order valence-corrected chi connectivity index (χ3v) is 3.61. The highest BCUT2D eigenvalue weighted by Crippen LogP contribution is 2.22. The monoisotopic (exact) mass is 277 g/mol. The summed E-state index contributed by atoms with van der Waals surface area (Å²) in [7, 11) is 0. The minimum Gasteiger partial charge on any atom is -0.381 e. The first-order valence-electron chi connectivity index (χ1n) is 6.66. The molecule has 0 atom stereocenters. The van der Waals surface area contributed by atoms with Crippen LogP contribution in [0.1, 0.15) is 18.5 Å². The van der Waals surface area contributed by atoms with Crippen LogP contribution >= 0.6 is 12.4 Å². The Morgan fingerprint density at radius 1 is 1.21 bits per heavy atom. The van der Waals surface area contributed by atoms with Crippen molar-refractivity contribution >= 4 is 29.0 Å². The van der Waals surface area contributed by atoms with Crippen molar-refractivity contribution < 1.29 is 0 Å². The van der Waals surface area contributed by atoms with E-state index in [2.05, 4.69) is 46.8 Å². The van der Waals surface area contributed by atoms with Gasteiger partial charge < -0.3 is 10.6 Å². The van der Waals surface area contributed by atoms with E-state index in [9.17, 15) is 0 Å². The summed E-state index contributed by atoms with van der Waals surface area (Å²) in [6, 6.07) is 11.1. The average molecular weight is 278 g/mol. The van der Waals surface area contributed by atoms with Gasteiger partial charge in [-0.25, -0.2) is 0 Å². The number of nitrogens with zero attached hydrogens (tertiary/aromatic N) is 1. The summed E-state index contributed by atoms with van der Waals surface area (Å²) in [5, 5.41) is 8.24. The number of rotatable bonds is 2. The molecule has 1 aliphatic heterocycles. The molecule has 0 amide bonds. The number of hydrogen-bond donors (Lipinski definition) is 2.